The first-order valence-corrected chi connectivity index (χ1v) is 11.7. The van der Waals surface area contributed by atoms with Crippen molar-refractivity contribution >= 4 is 5.91 Å². The van der Waals surface area contributed by atoms with Crippen molar-refractivity contribution in [1.29, 1.82) is 0 Å². The lowest BCUT2D eigenvalue weighted by molar-refractivity contribution is -0.125. The predicted molar refractivity (Wildman–Crippen MR) is 125 cm³/mol. The first-order valence-electron chi connectivity index (χ1n) is 11.7. The molecule has 1 N–H and O–H groups in total. The lowest BCUT2D eigenvalue weighted by atomic mass is 9.92. The molecule has 1 fully saturated rings. The van der Waals surface area contributed by atoms with E-state index in [4.69, 9.17) is 0 Å². The molecule has 162 valence electrons. The minimum atomic E-state index is 0.128. The molecule has 30 heavy (non-hydrogen) atoms. The molecule has 3 nitrogen and oxygen atoms in total. The number of piperidine rings is 1. The number of nitrogens with zero attached hydrogens (tertiary/aromatic N) is 1. The van der Waals surface area contributed by atoms with Gasteiger partial charge in [-0.1, -0.05) is 60.7 Å². The highest BCUT2D eigenvalue weighted by atomic mass is 16.1. The van der Waals surface area contributed by atoms with E-state index in [9.17, 15) is 4.79 Å². The van der Waals surface area contributed by atoms with Crippen LogP contribution in [-0.4, -0.2) is 37.5 Å². The smallest absolute Gasteiger partial charge is 0.223 e. The van der Waals surface area contributed by atoms with Crippen molar-refractivity contribution in [2.75, 3.05) is 26.7 Å². The molecule has 1 aliphatic heterocycles. The Morgan fingerprint density at radius 1 is 0.900 bits per heavy atom. The molecular formula is C27H38N2O. The maximum absolute atomic E-state index is 13.0. The van der Waals surface area contributed by atoms with Gasteiger partial charge in [-0.3, -0.25) is 4.79 Å². The quantitative estimate of drug-likeness (QED) is 0.563. The summed E-state index contributed by atoms with van der Waals surface area (Å²) in [7, 11) is 2.18. The Morgan fingerprint density at radius 2 is 1.40 bits per heavy atom. The monoisotopic (exact) mass is 406 g/mol. The van der Waals surface area contributed by atoms with Crippen molar-refractivity contribution in [3.63, 3.8) is 0 Å². The number of nitrogens with one attached hydrogen (secondary N) is 1. The Hall–Kier alpha value is -2.13. The number of amides is 1. The van der Waals surface area contributed by atoms with Gasteiger partial charge in [0.2, 0.25) is 5.91 Å². The van der Waals surface area contributed by atoms with E-state index >= 15 is 0 Å². The molecule has 1 saturated heterocycles. The number of likely N-dealkylation sites (tertiary alicyclic amines) is 1. The van der Waals surface area contributed by atoms with E-state index in [1.165, 1.54) is 24.0 Å². The maximum atomic E-state index is 13.0. The van der Waals surface area contributed by atoms with Crippen LogP contribution in [-0.2, 0) is 17.6 Å². The van der Waals surface area contributed by atoms with Crippen molar-refractivity contribution in [3.8, 4) is 0 Å². The van der Waals surface area contributed by atoms with Crippen LogP contribution < -0.4 is 5.32 Å². The van der Waals surface area contributed by atoms with Gasteiger partial charge in [-0.25, -0.2) is 0 Å². The van der Waals surface area contributed by atoms with E-state index in [-0.39, 0.29) is 11.8 Å². The summed E-state index contributed by atoms with van der Waals surface area (Å²) in [5, 5.41) is 3.31. The number of benzene rings is 2. The summed E-state index contributed by atoms with van der Waals surface area (Å²) in [4.78, 5) is 15.4. The Balaban J connectivity index is 1.47. The zero-order chi connectivity index (χ0) is 21.0. The van der Waals surface area contributed by atoms with Gasteiger partial charge in [0.05, 0.1) is 0 Å². The third kappa shape index (κ3) is 7.95. The van der Waals surface area contributed by atoms with Gasteiger partial charge in [-0.05, 0) is 88.5 Å². The summed E-state index contributed by atoms with van der Waals surface area (Å²) in [6, 6.07) is 21.3. The summed E-state index contributed by atoms with van der Waals surface area (Å²) in [5.74, 6) is 1.04. The zero-order valence-corrected chi connectivity index (χ0v) is 18.6. The molecule has 2 aromatic carbocycles. The highest BCUT2D eigenvalue weighted by molar-refractivity contribution is 5.78. The largest absolute Gasteiger partial charge is 0.356 e. The van der Waals surface area contributed by atoms with Gasteiger partial charge in [0.1, 0.15) is 0 Å². The van der Waals surface area contributed by atoms with E-state index in [2.05, 4.69) is 77.9 Å². The van der Waals surface area contributed by atoms with Crippen LogP contribution in [0, 0.1) is 11.8 Å². The molecule has 2 aromatic rings. The zero-order valence-electron chi connectivity index (χ0n) is 18.6. The number of hydrogen-bond acceptors (Lipinski definition) is 2. The Labute approximate surface area is 182 Å². The van der Waals surface area contributed by atoms with Gasteiger partial charge in [0.15, 0.2) is 0 Å². The van der Waals surface area contributed by atoms with Crippen LogP contribution in [0.4, 0.5) is 0 Å². The minimum Gasteiger partial charge on any atom is -0.356 e. The Bertz CT molecular complexity index is 678. The fourth-order valence-electron chi connectivity index (χ4n) is 4.46. The topological polar surface area (TPSA) is 32.3 Å². The predicted octanol–water partition coefficient (Wildman–Crippen LogP) is 5.11. The molecule has 0 saturated carbocycles. The van der Waals surface area contributed by atoms with Crippen molar-refractivity contribution in [2.24, 2.45) is 11.8 Å². The Kier molecular flexibility index (Phi) is 9.43. The SMILES string of the molecule is CN1CCC(CNC(=O)C(CCCc2ccccc2)CCCc2ccccc2)CC1. The first-order chi connectivity index (χ1) is 14.7. The highest BCUT2D eigenvalue weighted by Crippen LogP contribution is 2.20. The molecule has 1 amide bonds. The van der Waals surface area contributed by atoms with Gasteiger partial charge < -0.3 is 10.2 Å². The molecule has 3 rings (SSSR count). The molecule has 0 aliphatic carbocycles. The Morgan fingerprint density at radius 3 is 1.90 bits per heavy atom. The van der Waals surface area contributed by atoms with E-state index in [1.807, 2.05) is 0 Å². The summed E-state index contributed by atoms with van der Waals surface area (Å²) in [6.45, 7) is 3.15. The normalized spacial score (nSPS) is 15.4. The van der Waals surface area contributed by atoms with Crippen LogP contribution in [0.3, 0.4) is 0 Å². The van der Waals surface area contributed by atoms with Crippen molar-refractivity contribution < 1.29 is 4.79 Å². The lowest BCUT2D eigenvalue weighted by Gasteiger charge is -2.29. The van der Waals surface area contributed by atoms with E-state index < -0.39 is 0 Å². The van der Waals surface area contributed by atoms with Crippen molar-refractivity contribution in [2.45, 2.75) is 51.4 Å². The van der Waals surface area contributed by atoms with Crippen LogP contribution in [0.15, 0.2) is 60.7 Å². The van der Waals surface area contributed by atoms with Crippen LogP contribution in [0.25, 0.3) is 0 Å². The van der Waals surface area contributed by atoms with Crippen molar-refractivity contribution in [1.82, 2.24) is 10.2 Å². The molecule has 0 atom stereocenters. The van der Waals surface area contributed by atoms with E-state index in [0.717, 1.165) is 58.2 Å². The molecule has 1 aliphatic rings. The molecule has 0 aromatic heterocycles. The lowest BCUT2D eigenvalue weighted by Crippen LogP contribution is -2.39. The molecule has 0 unspecified atom stereocenters. The summed E-state index contributed by atoms with van der Waals surface area (Å²) in [5.41, 5.74) is 2.74. The van der Waals surface area contributed by atoms with E-state index in [1.54, 1.807) is 0 Å². The average Bonchev–Trinajstić information content (AvgIpc) is 2.79. The third-order valence-electron chi connectivity index (χ3n) is 6.50. The minimum absolute atomic E-state index is 0.128. The number of carbonyl (C=O) groups excluding carboxylic acids is 1. The standard InChI is InChI=1S/C27H38N2O/c1-29-20-18-25(19-21-29)22-28-27(30)26(16-8-14-23-10-4-2-5-11-23)17-9-15-24-12-6-3-7-13-24/h2-7,10-13,25-26H,8-9,14-22H2,1H3,(H,28,30). The fraction of sp³-hybridized carbons (Fsp3) is 0.519. The van der Waals surface area contributed by atoms with Gasteiger partial charge in [-0.2, -0.15) is 0 Å². The average molecular weight is 407 g/mol. The highest BCUT2D eigenvalue weighted by Gasteiger charge is 2.21. The molecule has 0 bridgehead atoms. The molecule has 0 radical (unpaired) electrons. The van der Waals surface area contributed by atoms with Gasteiger partial charge in [0, 0.05) is 12.5 Å². The fourth-order valence-corrected chi connectivity index (χ4v) is 4.46. The molecule has 3 heteroatoms. The van der Waals surface area contributed by atoms with Crippen LogP contribution in [0.1, 0.15) is 49.7 Å². The summed E-state index contributed by atoms with van der Waals surface area (Å²) >= 11 is 0. The first kappa shape index (κ1) is 22.6. The third-order valence-corrected chi connectivity index (χ3v) is 6.50. The van der Waals surface area contributed by atoms with Gasteiger partial charge in [0.25, 0.3) is 0 Å². The summed E-state index contributed by atoms with van der Waals surface area (Å²) < 4.78 is 0. The number of aryl methyl sites for hydroxylation is 2. The van der Waals surface area contributed by atoms with Crippen LogP contribution in [0.2, 0.25) is 0 Å². The van der Waals surface area contributed by atoms with Gasteiger partial charge >= 0.3 is 0 Å². The summed E-state index contributed by atoms with van der Waals surface area (Å²) in [6.07, 6.45) is 8.60. The van der Waals surface area contributed by atoms with Crippen LogP contribution >= 0.6 is 0 Å². The second-order valence-corrected chi connectivity index (χ2v) is 8.94. The number of hydrogen-bond donors (Lipinski definition) is 1. The second kappa shape index (κ2) is 12.5. The second-order valence-electron chi connectivity index (χ2n) is 8.94. The van der Waals surface area contributed by atoms with Crippen LogP contribution in [0.5, 0.6) is 0 Å². The van der Waals surface area contributed by atoms with E-state index in [0.29, 0.717) is 5.92 Å². The molecule has 0 spiro atoms. The maximum Gasteiger partial charge on any atom is 0.223 e. The molecular weight excluding hydrogens is 368 g/mol. The number of rotatable bonds is 11. The molecule has 1 heterocycles. The van der Waals surface area contributed by atoms with Crippen molar-refractivity contribution in [3.05, 3.63) is 71.8 Å². The van der Waals surface area contributed by atoms with Gasteiger partial charge in [-0.15, -0.1) is 0 Å². The number of carbonyl (C=O) groups is 1.